The van der Waals surface area contributed by atoms with E-state index in [0.717, 1.165) is 37.4 Å². The second-order valence-electron chi connectivity index (χ2n) is 8.54. The van der Waals surface area contributed by atoms with Crippen molar-refractivity contribution in [1.29, 1.82) is 0 Å². The summed E-state index contributed by atoms with van der Waals surface area (Å²) in [7, 11) is 0. The predicted molar refractivity (Wildman–Crippen MR) is 133 cm³/mol. The number of nitrogens with zero attached hydrogens (tertiary/aromatic N) is 6. The lowest BCUT2D eigenvalue weighted by Gasteiger charge is -2.27. The number of rotatable bonds is 7. The van der Waals surface area contributed by atoms with Crippen molar-refractivity contribution >= 4 is 11.6 Å². The van der Waals surface area contributed by atoms with Crippen LogP contribution in [0.15, 0.2) is 60.9 Å². The van der Waals surface area contributed by atoms with E-state index < -0.39 is 0 Å². The number of anilines is 2. The number of hydrogen-bond donors (Lipinski definition) is 2. The molecule has 2 N–H and O–H groups in total. The molecule has 3 aromatic heterocycles. The molecule has 0 aliphatic carbocycles. The number of aryl methyl sites for hydroxylation is 1. The molecule has 4 aromatic rings. The highest BCUT2D eigenvalue weighted by Gasteiger charge is 2.14. The van der Waals surface area contributed by atoms with E-state index in [2.05, 4.69) is 40.5 Å². The zero-order valence-corrected chi connectivity index (χ0v) is 19.6. The summed E-state index contributed by atoms with van der Waals surface area (Å²) in [4.78, 5) is 24.7. The number of halogens is 1. The average molecular weight is 471 g/mol. The number of hydrogen-bond acceptors (Lipinski definition) is 8. The molecule has 35 heavy (non-hydrogen) atoms. The third-order valence-corrected chi connectivity index (χ3v) is 5.81. The van der Waals surface area contributed by atoms with Gasteiger partial charge in [0.05, 0.1) is 0 Å². The Morgan fingerprint density at radius 3 is 2.57 bits per heavy atom. The van der Waals surface area contributed by atoms with Gasteiger partial charge in [-0.25, -0.2) is 29.3 Å². The number of piperazine rings is 1. The fraction of sp³-hybridized carbons (Fsp3) is 0.269. The van der Waals surface area contributed by atoms with Crippen molar-refractivity contribution in [1.82, 2.24) is 35.1 Å². The Balaban J connectivity index is 1.29. The molecule has 0 unspecified atom stereocenters. The molecular weight excluding hydrogens is 443 g/mol. The van der Waals surface area contributed by atoms with E-state index in [1.165, 1.54) is 6.07 Å². The first-order chi connectivity index (χ1) is 17.1. The van der Waals surface area contributed by atoms with E-state index in [4.69, 9.17) is 0 Å². The second kappa shape index (κ2) is 10.6. The number of aromatic nitrogens is 5. The van der Waals surface area contributed by atoms with Crippen LogP contribution < -0.4 is 10.6 Å². The lowest BCUT2D eigenvalue weighted by Crippen LogP contribution is -2.43. The van der Waals surface area contributed by atoms with Crippen molar-refractivity contribution in [3.63, 3.8) is 0 Å². The van der Waals surface area contributed by atoms with Crippen LogP contribution in [0.4, 0.5) is 16.0 Å². The SMILES string of the molecule is Cc1cccc(-c2nccc(Nc3ccnc(Cc4ccc(F)c(CN5CCNCC5)c4)n3)n2)n1. The largest absolute Gasteiger partial charge is 0.325 e. The van der Waals surface area contributed by atoms with E-state index in [-0.39, 0.29) is 5.82 Å². The highest BCUT2D eigenvalue weighted by Crippen LogP contribution is 2.19. The van der Waals surface area contributed by atoms with Crippen molar-refractivity contribution in [3.8, 4) is 11.5 Å². The maximum atomic E-state index is 14.4. The third kappa shape index (κ3) is 6.00. The number of benzene rings is 1. The molecule has 0 saturated carbocycles. The summed E-state index contributed by atoms with van der Waals surface area (Å²) in [5.41, 5.74) is 3.30. The first-order valence-electron chi connectivity index (χ1n) is 11.7. The Morgan fingerprint density at radius 1 is 0.943 bits per heavy atom. The molecule has 8 nitrogen and oxygen atoms in total. The Hall–Kier alpha value is -3.82. The van der Waals surface area contributed by atoms with Gasteiger partial charge in [-0.15, -0.1) is 0 Å². The van der Waals surface area contributed by atoms with Crippen molar-refractivity contribution in [2.75, 3.05) is 31.5 Å². The van der Waals surface area contributed by atoms with Gasteiger partial charge >= 0.3 is 0 Å². The van der Waals surface area contributed by atoms with Gasteiger partial charge in [0.1, 0.15) is 29.0 Å². The van der Waals surface area contributed by atoms with Crippen LogP contribution in [0.2, 0.25) is 0 Å². The first kappa shape index (κ1) is 22.9. The molecule has 0 radical (unpaired) electrons. The molecule has 4 heterocycles. The van der Waals surface area contributed by atoms with Crippen LogP contribution in [-0.4, -0.2) is 56.0 Å². The van der Waals surface area contributed by atoms with Gasteiger partial charge in [-0.1, -0.05) is 18.2 Å². The molecule has 0 bridgehead atoms. The van der Waals surface area contributed by atoms with Crippen LogP contribution in [0.3, 0.4) is 0 Å². The normalized spacial score (nSPS) is 14.1. The monoisotopic (exact) mass is 470 g/mol. The van der Waals surface area contributed by atoms with Crippen molar-refractivity contribution in [2.24, 2.45) is 0 Å². The highest BCUT2D eigenvalue weighted by atomic mass is 19.1. The van der Waals surface area contributed by atoms with Crippen molar-refractivity contribution < 1.29 is 4.39 Å². The maximum absolute atomic E-state index is 14.4. The summed E-state index contributed by atoms with van der Waals surface area (Å²) in [6, 6.07) is 14.6. The second-order valence-corrected chi connectivity index (χ2v) is 8.54. The number of nitrogens with one attached hydrogen (secondary N) is 2. The van der Waals surface area contributed by atoms with Gasteiger partial charge < -0.3 is 10.6 Å². The van der Waals surface area contributed by atoms with E-state index >= 15 is 0 Å². The topological polar surface area (TPSA) is 91.8 Å². The van der Waals surface area contributed by atoms with Crippen LogP contribution in [0.1, 0.15) is 22.6 Å². The molecular formula is C26H27FN8. The number of pyridine rings is 1. The average Bonchev–Trinajstić information content (AvgIpc) is 2.87. The minimum Gasteiger partial charge on any atom is -0.325 e. The molecule has 1 aliphatic rings. The molecule has 0 amide bonds. The maximum Gasteiger partial charge on any atom is 0.180 e. The van der Waals surface area contributed by atoms with Gasteiger partial charge in [0.25, 0.3) is 0 Å². The molecule has 1 saturated heterocycles. The lowest BCUT2D eigenvalue weighted by molar-refractivity contribution is 0.230. The van der Waals surface area contributed by atoms with Crippen LogP contribution in [0.5, 0.6) is 0 Å². The quantitative estimate of drug-likeness (QED) is 0.424. The zero-order chi connectivity index (χ0) is 24.0. The van der Waals surface area contributed by atoms with Gasteiger partial charge in [-0.2, -0.15) is 0 Å². The smallest absolute Gasteiger partial charge is 0.180 e. The van der Waals surface area contributed by atoms with E-state index in [9.17, 15) is 4.39 Å². The lowest BCUT2D eigenvalue weighted by atomic mass is 10.1. The van der Waals surface area contributed by atoms with Gasteiger partial charge in [0.15, 0.2) is 5.82 Å². The van der Waals surface area contributed by atoms with Crippen LogP contribution in [-0.2, 0) is 13.0 Å². The Labute approximate surface area is 203 Å². The molecule has 178 valence electrons. The Bertz CT molecular complexity index is 1310. The van der Waals surface area contributed by atoms with Crippen molar-refractivity contribution in [3.05, 3.63) is 89.4 Å². The minimum absolute atomic E-state index is 0.175. The van der Waals surface area contributed by atoms with Gasteiger partial charge in [0, 0.05) is 62.8 Å². The predicted octanol–water partition coefficient (Wildman–Crippen LogP) is 3.52. The Morgan fingerprint density at radius 2 is 1.74 bits per heavy atom. The zero-order valence-electron chi connectivity index (χ0n) is 19.6. The fourth-order valence-electron chi connectivity index (χ4n) is 4.06. The van der Waals surface area contributed by atoms with Gasteiger partial charge in [0.2, 0.25) is 0 Å². The van der Waals surface area contributed by atoms with Gasteiger partial charge in [-0.05, 0) is 42.8 Å². The third-order valence-electron chi connectivity index (χ3n) is 5.81. The van der Waals surface area contributed by atoms with Crippen LogP contribution >= 0.6 is 0 Å². The summed E-state index contributed by atoms with van der Waals surface area (Å²) in [6.45, 7) is 6.25. The molecule has 5 rings (SSSR count). The molecule has 0 atom stereocenters. The molecule has 9 heteroatoms. The molecule has 1 aliphatic heterocycles. The Kier molecular flexibility index (Phi) is 6.97. The molecule has 1 fully saturated rings. The van der Waals surface area contributed by atoms with Gasteiger partial charge in [-0.3, -0.25) is 4.90 Å². The summed E-state index contributed by atoms with van der Waals surface area (Å²) < 4.78 is 14.4. The standard InChI is InChI=1S/C26H27FN8/c1-18-3-2-4-22(31-18)26-30-10-8-24(34-26)32-23-7-9-29-25(33-23)16-19-5-6-21(27)20(15-19)17-35-13-11-28-12-14-35/h2-10,15,28H,11-14,16-17H2,1H3,(H,29,30,32,33,34). The van der Waals surface area contributed by atoms with E-state index in [1.54, 1.807) is 30.6 Å². The molecule has 1 aromatic carbocycles. The summed E-state index contributed by atoms with van der Waals surface area (Å²) in [5, 5.41) is 6.55. The highest BCUT2D eigenvalue weighted by molar-refractivity contribution is 5.56. The summed E-state index contributed by atoms with van der Waals surface area (Å²) in [6.07, 6.45) is 3.90. The summed E-state index contributed by atoms with van der Waals surface area (Å²) >= 11 is 0. The first-order valence-corrected chi connectivity index (χ1v) is 11.7. The van der Waals surface area contributed by atoms with Crippen molar-refractivity contribution in [2.45, 2.75) is 19.9 Å². The summed E-state index contributed by atoms with van der Waals surface area (Å²) in [5.74, 6) is 2.25. The molecule has 0 spiro atoms. The van der Waals surface area contributed by atoms with Crippen LogP contribution in [0, 0.1) is 12.7 Å². The van der Waals surface area contributed by atoms with E-state index in [1.807, 2.05) is 31.2 Å². The fourth-order valence-corrected chi connectivity index (χ4v) is 4.06. The van der Waals surface area contributed by atoms with E-state index in [0.29, 0.717) is 47.5 Å². The minimum atomic E-state index is -0.175. The van der Waals surface area contributed by atoms with Crippen LogP contribution in [0.25, 0.3) is 11.5 Å².